The van der Waals surface area contributed by atoms with Gasteiger partial charge < -0.3 is 4.90 Å². The second-order valence-electron chi connectivity index (χ2n) is 6.60. The maximum absolute atomic E-state index is 13.6. The monoisotopic (exact) mass is 428 g/mol. The van der Waals surface area contributed by atoms with Gasteiger partial charge in [0.25, 0.3) is 6.08 Å². The fourth-order valence-corrected chi connectivity index (χ4v) is 3.99. The van der Waals surface area contributed by atoms with Crippen LogP contribution in [-0.4, -0.2) is 31.9 Å². The van der Waals surface area contributed by atoms with Gasteiger partial charge in [0.15, 0.2) is 11.3 Å². The van der Waals surface area contributed by atoms with Crippen molar-refractivity contribution < 1.29 is 26.7 Å². The van der Waals surface area contributed by atoms with Gasteiger partial charge in [-0.25, -0.2) is 9.50 Å². The molecule has 0 N–H and O–H groups in total. The molecule has 0 aliphatic carbocycles. The molecule has 152 valence electrons. The maximum atomic E-state index is 13.6. The van der Waals surface area contributed by atoms with Crippen LogP contribution in [0.25, 0.3) is 16.9 Å². The van der Waals surface area contributed by atoms with Crippen LogP contribution in [0.2, 0.25) is 0 Å². The number of fused-ring (bicyclic) bond motifs is 1. The molecule has 0 bridgehead atoms. The van der Waals surface area contributed by atoms with Gasteiger partial charge in [0.1, 0.15) is 0 Å². The minimum absolute atomic E-state index is 0.0100. The molecule has 1 atom stereocenters. The third kappa shape index (κ3) is 3.86. The van der Waals surface area contributed by atoms with Gasteiger partial charge in [-0.15, -0.1) is 0 Å². The van der Waals surface area contributed by atoms with Gasteiger partial charge in [-0.1, -0.05) is 0 Å². The van der Waals surface area contributed by atoms with E-state index in [1.54, 1.807) is 12.1 Å². The van der Waals surface area contributed by atoms with E-state index in [9.17, 15) is 26.7 Å². The molecule has 0 saturated carbocycles. The molecule has 1 unspecified atom stereocenters. The molecule has 4 heterocycles. The van der Waals surface area contributed by atoms with Crippen molar-refractivity contribution in [2.45, 2.75) is 19.1 Å². The third-order valence-electron chi connectivity index (χ3n) is 4.60. The van der Waals surface area contributed by atoms with Crippen LogP contribution in [0.15, 0.2) is 41.1 Å². The van der Waals surface area contributed by atoms with Crippen molar-refractivity contribution in [3.63, 3.8) is 0 Å². The molecule has 11 heteroatoms. The van der Waals surface area contributed by atoms with Crippen LogP contribution in [0.1, 0.15) is 17.8 Å². The largest absolute Gasteiger partial charge is 0.435 e. The number of nitrogens with zero attached hydrogens (tertiary/aromatic N) is 4. The first-order valence-corrected chi connectivity index (χ1v) is 9.45. The lowest BCUT2D eigenvalue weighted by molar-refractivity contribution is -0.142. The summed E-state index contributed by atoms with van der Waals surface area (Å²) in [4.78, 5) is 16.9. The molecule has 1 saturated heterocycles. The van der Waals surface area contributed by atoms with E-state index in [-0.39, 0.29) is 24.3 Å². The van der Waals surface area contributed by atoms with Crippen LogP contribution in [0.4, 0.5) is 22.0 Å². The van der Waals surface area contributed by atoms with Crippen LogP contribution >= 0.6 is 11.3 Å². The Morgan fingerprint density at radius 2 is 2.07 bits per heavy atom. The molecular formula is C18H13F5N4OS. The molecular weight excluding hydrogens is 415 g/mol. The predicted octanol–water partition coefficient (Wildman–Crippen LogP) is 4.61. The quantitative estimate of drug-likeness (QED) is 0.571. The molecule has 1 aliphatic rings. The number of carbonyl (C=O) groups is 1. The zero-order valence-electron chi connectivity index (χ0n) is 14.7. The van der Waals surface area contributed by atoms with Crippen LogP contribution < -0.4 is 0 Å². The average molecular weight is 428 g/mol. The summed E-state index contributed by atoms with van der Waals surface area (Å²) in [5.74, 6) is -1.24. The highest BCUT2D eigenvalue weighted by molar-refractivity contribution is 7.08. The first-order valence-electron chi connectivity index (χ1n) is 8.51. The zero-order valence-corrected chi connectivity index (χ0v) is 15.5. The van der Waals surface area contributed by atoms with Crippen LogP contribution in [0.3, 0.4) is 0 Å². The third-order valence-corrected chi connectivity index (χ3v) is 5.29. The highest BCUT2D eigenvalue weighted by atomic mass is 32.1. The number of rotatable bonds is 4. The van der Waals surface area contributed by atoms with E-state index in [0.29, 0.717) is 11.8 Å². The minimum Gasteiger partial charge on any atom is -0.336 e. The summed E-state index contributed by atoms with van der Waals surface area (Å²) in [6, 6.07) is 4.78. The van der Waals surface area contributed by atoms with Crippen molar-refractivity contribution in [1.29, 1.82) is 0 Å². The van der Waals surface area contributed by atoms with Gasteiger partial charge in [-0.3, -0.25) is 4.79 Å². The molecule has 1 fully saturated rings. The van der Waals surface area contributed by atoms with Gasteiger partial charge in [0.2, 0.25) is 5.91 Å². The van der Waals surface area contributed by atoms with Crippen molar-refractivity contribution in [1.82, 2.24) is 19.5 Å². The Bertz CT molecular complexity index is 1090. The molecule has 3 aromatic rings. The summed E-state index contributed by atoms with van der Waals surface area (Å²) < 4.78 is 66.7. The second-order valence-corrected chi connectivity index (χ2v) is 7.38. The molecule has 4 rings (SSSR count). The lowest BCUT2D eigenvalue weighted by Crippen LogP contribution is -2.27. The van der Waals surface area contributed by atoms with Crippen molar-refractivity contribution in [2.75, 3.05) is 6.54 Å². The van der Waals surface area contributed by atoms with Crippen molar-refractivity contribution in [3.05, 3.63) is 52.5 Å². The second kappa shape index (κ2) is 7.21. The highest BCUT2D eigenvalue weighted by Crippen LogP contribution is 2.34. The summed E-state index contributed by atoms with van der Waals surface area (Å²) >= 11 is 1.42. The Hall–Kier alpha value is -2.82. The van der Waals surface area contributed by atoms with Gasteiger partial charge in [0, 0.05) is 29.8 Å². The van der Waals surface area contributed by atoms with E-state index in [0.717, 1.165) is 15.0 Å². The fraction of sp³-hybridized carbons (Fsp3) is 0.278. The summed E-state index contributed by atoms with van der Waals surface area (Å²) in [6.45, 7) is -0.516. The molecule has 29 heavy (non-hydrogen) atoms. The first kappa shape index (κ1) is 19.5. The van der Waals surface area contributed by atoms with E-state index < -0.39 is 36.3 Å². The maximum Gasteiger partial charge on any atom is 0.435 e. The van der Waals surface area contributed by atoms with Crippen molar-refractivity contribution >= 4 is 22.9 Å². The van der Waals surface area contributed by atoms with Gasteiger partial charge in [-0.05, 0) is 29.7 Å². The van der Waals surface area contributed by atoms with E-state index >= 15 is 0 Å². The number of hydrogen-bond donors (Lipinski definition) is 0. The van der Waals surface area contributed by atoms with E-state index in [4.69, 9.17) is 0 Å². The topological polar surface area (TPSA) is 50.5 Å². The van der Waals surface area contributed by atoms with Gasteiger partial charge in [0.05, 0.1) is 17.9 Å². The number of likely N-dealkylation sites (tertiary alicyclic amines) is 1. The molecule has 1 aliphatic heterocycles. The summed E-state index contributed by atoms with van der Waals surface area (Å²) in [5, 5.41) is 7.90. The number of carbonyl (C=O) groups excluding carboxylic acids is 1. The predicted molar refractivity (Wildman–Crippen MR) is 95.1 cm³/mol. The van der Waals surface area contributed by atoms with Gasteiger partial charge >= 0.3 is 6.18 Å². The smallest absolute Gasteiger partial charge is 0.336 e. The molecule has 1 amide bonds. The standard InChI is InChI=1S/C18H13F5N4OS/c19-14(20)5-10-6-16(28)26(7-10)8-13-17(18(21,22)23)24-15-2-1-12(25-27(13)15)11-3-4-29-9-11/h1-5,9-10H,6-8H2. The molecule has 5 nitrogen and oxygen atoms in total. The Morgan fingerprint density at radius 1 is 1.28 bits per heavy atom. The van der Waals surface area contributed by atoms with Crippen molar-refractivity contribution in [2.24, 2.45) is 5.92 Å². The van der Waals surface area contributed by atoms with E-state index in [1.807, 2.05) is 10.8 Å². The highest BCUT2D eigenvalue weighted by Gasteiger charge is 2.40. The number of imidazole rings is 1. The zero-order chi connectivity index (χ0) is 20.8. The minimum atomic E-state index is -4.75. The Kier molecular flexibility index (Phi) is 4.85. The van der Waals surface area contributed by atoms with Crippen LogP contribution in [-0.2, 0) is 17.5 Å². The van der Waals surface area contributed by atoms with Crippen LogP contribution in [0, 0.1) is 5.92 Å². The lowest BCUT2D eigenvalue weighted by atomic mass is 10.1. The molecule has 0 radical (unpaired) electrons. The number of amides is 1. The summed E-state index contributed by atoms with van der Waals surface area (Å²) in [6.07, 6.45) is -6.19. The summed E-state index contributed by atoms with van der Waals surface area (Å²) in [7, 11) is 0. The number of thiophene rings is 1. The Balaban J connectivity index is 1.76. The lowest BCUT2D eigenvalue weighted by Gasteiger charge is -2.17. The summed E-state index contributed by atoms with van der Waals surface area (Å²) in [5.41, 5.74) is -0.256. The fourth-order valence-electron chi connectivity index (χ4n) is 3.34. The van der Waals surface area contributed by atoms with Gasteiger partial charge in [-0.2, -0.15) is 38.4 Å². The Labute approximate surface area is 165 Å². The SMILES string of the molecule is O=C1CC(C=C(F)F)CN1Cc1c(C(F)(F)F)nc2ccc(-c3ccsc3)nn12. The first-order chi connectivity index (χ1) is 13.7. The number of alkyl halides is 3. The Morgan fingerprint density at radius 3 is 2.72 bits per heavy atom. The molecule has 0 aromatic carbocycles. The number of halogens is 5. The molecule has 3 aromatic heterocycles. The van der Waals surface area contributed by atoms with E-state index in [2.05, 4.69) is 10.1 Å². The normalized spacial score (nSPS) is 17.3. The average Bonchev–Trinajstić information content (AvgIpc) is 3.34. The van der Waals surface area contributed by atoms with Crippen molar-refractivity contribution in [3.8, 4) is 11.3 Å². The number of hydrogen-bond acceptors (Lipinski definition) is 4. The van der Waals surface area contributed by atoms with Crippen LogP contribution in [0.5, 0.6) is 0 Å². The molecule has 0 spiro atoms. The van der Waals surface area contributed by atoms with E-state index in [1.165, 1.54) is 17.4 Å². The number of aromatic nitrogens is 3.